The summed E-state index contributed by atoms with van der Waals surface area (Å²) in [5.74, 6) is 0. The van der Waals surface area contributed by atoms with Crippen molar-refractivity contribution in [2.75, 3.05) is 24.7 Å². The van der Waals surface area contributed by atoms with E-state index < -0.39 is 17.6 Å². The normalized spacial score (nSPS) is 13.9. The summed E-state index contributed by atoms with van der Waals surface area (Å²) in [7, 11) is -3.62. The van der Waals surface area contributed by atoms with Gasteiger partial charge in [0.2, 0.25) is 0 Å². The van der Waals surface area contributed by atoms with Gasteiger partial charge in [0.1, 0.15) is 0 Å². The third-order valence-electron chi connectivity index (χ3n) is 4.55. The fourth-order valence-corrected chi connectivity index (χ4v) is 7.16. The average Bonchev–Trinajstić information content (AvgIpc) is 2.55. The molecule has 1 atom stereocenters. The van der Waals surface area contributed by atoms with Crippen LogP contribution >= 0.6 is 0 Å². The molecule has 0 fully saturated rings. The van der Waals surface area contributed by atoms with Crippen molar-refractivity contribution in [2.24, 2.45) is 0 Å². The van der Waals surface area contributed by atoms with E-state index in [1.54, 1.807) is 0 Å². The lowest BCUT2D eigenvalue weighted by Gasteiger charge is -2.40. The number of nitrogens with zero attached hydrogens (tertiary/aromatic N) is 1. The van der Waals surface area contributed by atoms with Crippen LogP contribution in [-0.2, 0) is 13.3 Å². The standard InChI is InChI=1S/C20H39NO3Si2/c1-9-22-26(23-10-2,24-18(3)25(7)8)17-16-21(20(4,5)6)19-14-12-11-13-15-19/h11-15,18,25H,9-10,16-17H2,1-8H3. The Bertz CT molecular complexity index is 500. The smallest absolute Gasteiger partial charge is 0.374 e. The van der Waals surface area contributed by atoms with Crippen LogP contribution in [0.3, 0.4) is 0 Å². The molecule has 0 N–H and O–H groups in total. The molecule has 0 spiro atoms. The second-order valence-corrected chi connectivity index (χ2v) is 14.1. The largest absolute Gasteiger partial charge is 0.502 e. The Morgan fingerprint density at radius 3 is 2.00 bits per heavy atom. The molecule has 1 aromatic rings. The van der Waals surface area contributed by atoms with Crippen LogP contribution in [0.15, 0.2) is 30.3 Å². The first kappa shape index (κ1) is 23.4. The maximum absolute atomic E-state index is 6.51. The highest BCUT2D eigenvalue weighted by Crippen LogP contribution is 2.27. The van der Waals surface area contributed by atoms with E-state index in [-0.39, 0.29) is 11.3 Å². The van der Waals surface area contributed by atoms with Crippen molar-refractivity contribution in [1.29, 1.82) is 0 Å². The number of benzene rings is 1. The summed E-state index contributed by atoms with van der Waals surface area (Å²) < 4.78 is 18.9. The number of para-hydroxylation sites is 1. The average molecular weight is 398 g/mol. The van der Waals surface area contributed by atoms with E-state index in [0.29, 0.717) is 13.2 Å². The third kappa shape index (κ3) is 7.15. The van der Waals surface area contributed by atoms with Crippen molar-refractivity contribution in [1.82, 2.24) is 0 Å². The molecule has 0 bridgehead atoms. The number of rotatable bonds is 11. The van der Waals surface area contributed by atoms with Crippen LogP contribution in [0.2, 0.25) is 19.1 Å². The summed E-state index contributed by atoms with van der Waals surface area (Å²) in [6.45, 7) is 19.7. The molecule has 0 aliphatic carbocycles. The lowest BCUT2D eigenvalue weighted by atomic mass is 10.0. The molecule has 26 heavy (non-hydrogen) atoms. The minimum absolute atomic E-state index is 0.0122. The molecule has 1 rings (SSSR count). The molecule has 0 amide bonds. The van der Waals surface area contributed by atoms with Crippen LogP contribution in [0.4, 0.5) is 5.69 Å². The van der Waals surface area contributed by atoms with E-state index in [0.717, 1.165) is 12.6 Å². The van der Waals surface area contributed by atoms with Gasteiger partial charge in [0.15, 0.2) is 0 Å². The topological polar surface area (TPSA) is 30.9 Å². The van der Waals surface area contributed by atoms with Gasteiger partial charge in [0.05, 0.1) is 8.80 Å². The minimum Gasteiger partial charge on any atom is -0.374 e. The number of anilines is 1. The van der Waals surface area contributed by atoms with Gasteiger partial charge in [-0.05, 0) is 53.7 Å². The SMILES string of the molecule is CCO[Si](CCN(c1ccccc1)C(C)(C)C)(OCC)OC(C)[SiH](C)C. The van der Waals surface area contributed by atoms with E-state index in [1.807, 2.05) is 13.8 Å². The summed E-state index contributed by atoms with van der Waals surface area (Å²) in [5.41, 5.74) is 1.49. The molecule has 0 aliphatic rings. The molecule has 0 radical (unpaired) electrons. The molecular weight excluding hydrogens is 358 g/mol. The molecule has 0 aromatic heterocycles. The van der Waals surface area contributed by atoms with E-state index in [4.69, 9.17) is 13.3 Å². The Kier molecular flexibility index (Phi) is 9.54. The van der Waals surface area contributed by atoms with Crippen LogP contribution in [0.25, 0.3) is 0 Å². The summed E-state index contributed by atoms with van der Waals surface area (Å²) in [6, 6.07) is 11.4. The van der Waals surface area contributed by atoms with Gasteiger partial charge >= 0.3 is 8.80 Å². The molecule has 1 unspecified atom stereocenters. The monoisotopic (exact) mass is 397 g/mol. The van der Waals surface area contributed by atoms with E-state index in [9.17, 15) is 0 Å². The number of hydrogen-bond acceptors (Lipinski definition) is 4. The lowest BCUT2D eigenvalue weighted by Crippen LogP contribution is -2.53. The summed E-state index contributed by atoms with van der Waals surface area (Å²) >= 11 is 0. The van der Waals surface area contributed by atoms with Crippen LogP contribution < -0.4 is 4.90 Å². The van der Waals surface area contributed by atoms with Crippen molar-refractivity contribution < 1.29 is 13.3 Å². The highest BCUT2D eigenvalue weighted by molar-refractivity contribution is 6.63. The third-order valence-corrected chi connectivity index (χ3v) is 9.86. The molecule has 0 aliphatic heterocycles. The van der Waals surface area contributed by atoms with Crippen LogP contribution in [0, 0.1) is 0 Å². The molecule has 1 aromatic carbocycles. The van der Waals surface area contributed by atoms with Gasteiger partial charge in [-0.25, -0.2) is 0 Å². The Morgan fingerprint density at radius 2 is 1.58 bits per heavy atom. The number of hydrogen-bond donors (Lipinski definition) is 0. The second kappa shape index (κ2) is 10.6. The quantitative estimate of drug-likeness (QED) is 0.505. The minimum atomic E-state index is -2.70. The molecule has 6 heteroatoms. The Balaban J connectivity index is 3.03. The highest BCUT2D eigenvalue weighted by atomic mass is 28.4. The van der Waals surface area contributed by atoms with Gasteiger partial charge in [-0.2, -0.15) is 0 Å². The van der Waals surface area contributed by atoms with Crippen LogP contribution in [-0.4, -0.2) is 48.6 Å². The zero-order valence-corrected chi connectivity index (χ0v) is 20.2. The maximum Gasteiger partial charge on any atom is 0.502 e. The van der Waals surface area contributed by atoms with Crippen molar-refractivity contribution in [3.8, 4) is 0 Å². The van der Waals surface area contributed by atoms with Gasteiger partial charge in [-0.1, -0.05) is 31.3 Å². The van der Waals surface area contributed by atoms with Gasteiger partial charge in [-0.15, -0.1) is 0 Å². The second-order valence-electron chi connectivity index (χ2n) is 8.02. The van der Waals surface area contributed by atoms with Gasteiger partial charge in [0, 0.05) is 42.8 Å². The van der Waals surface area contributed by atoms with Crippen molar-refractivity contribution in [3.05, 3.63) is 30.3 Å². The summed E-state index contributed by atoms with van der Waals surface area (Å²) in [6.07, 6.45) is 0. The van der Waals surface area contributed by atoms with Gasteiger partial charge in [-0.3, -0.25) is 0 Å². The highest BCUT2D eigenvalue weighted by Gasteiger charge is 2.43. The predicted molar refractivity (Wildman–Crippen MR) is 117 cm³/mol. The molecule has 0 saturated carbocycles. The van der Waals surface area contributed by atoms with E-state index in [2.05, 4.69) is 76.0 Å². The van der Waals surface area contributed by atoms with Crippen LogP contribution in [0.5, 0.6) is 0 Å². The first-order valence-corrected chi connectivity index (χ1v) is 14.8. The fraction of sp³-hybridized carbons (Fsp3) is 0.700. The zero-order valence-electron chi connectivity index (χ0n) is 18.0. The molecule has 0 heterocycles. The van der Waals surface area contributed by atoms with Crippen molar-refractivity contribution in [3.63, 3.8) is 0 Å². The summed E-state index contributed by atoms with van der Waals surface area (Å²) in [4.78, 5) is 2.42. The molecular formula is C20H39NO3Si2. The predicted octanol–water partition coefficient (Wildman–Crippen LogP) is 4.73. The fourth-order valence-electron chi connectivity index (χ4n) is 2.88. The van der Waals surface area contributed by atoms with Gasteiger partial charge in [0.25, 0.3) is 0 Å². The zero-order chi connectivity index (χ0) is 19.8. The Hall–Kier alpha value is -0.666. The lowest BCUT2D eigenvalue weighted by molar-refractivity contribution is 0.0593. The molecule has 150 valence electrons. The first-order valence-electron chi connectivity index (χ1n) is 9.93. The van der Waals surface area contributed by atoms with Crippen LogP contribution in [0.1, 0.15) is 41.5 Å². The van der Waals surface area contributed by atoms with Crippen molar-refractivity contribution >= 4 is 23.3 Å². The van der Waals surface area contributed by atoms with E-state index in [1.165, 1.54) is 5.69 Å². The Labute approximate surface area is 163 Å². The maximum atomic E-state index is 6.51. The Morgan fingerprint density at radius 1 is 1.04 bits per heavy atom. The van der Waals surface area contributed by atoms with Gasteiger partial charge < -0.3 is 18.2 Å². The summed E-state index contributed by atoms with van der Waals surface area (Å²) in [5, 5.41) is 0. The van der Waals surface area contributed by atoms with Crippen molar-refractivity contribution in [2.45, 2.75) is 71.9 Å². The molecule has 4 nitrogen and oxygen atoms in total. The van der Waals surface area contributed by atoms with E-state index >= 15 is 0 Å². The molecule has 0 saturated heterocycles. The first-order chi connectivity index (χ1) is 12.1.